The van der Waals surface area contributed by atoms with E-state index < -0.39 is 0 Å². The molecule has 4 aliphatic carbocycles. The maximum absolute atomic E-state index is 6.64. The monoisotopic (exact) mass is 708 g/mol. The van der Waals surface area contributed by atoms with E-state index in [9.17, 15) is 0 Å². The van der Waals surface area contributed by atoms with Crippen molar-refractivity contribution in [2.24, 2.45) is 10.8 Å². The molecule has 0 saturated carbocycles. The van der Waals surface area contributed by atoms with E-state index >= 15 is 0 Å². The van der Waals surface area contributed by atoms with Crippen LogP contribution in [0.5, 0.6) is 0 Å². The zero-order chi connectivity index (χ0) is 30.0. The fourth-order valence-corrected chi connectivity index (χ4v) is 6.63. The Morgan fingerprint density at radius 1 is 0.568 bits per heavy atom. The Bertz CT molecular complexity index is 1110. The summed E-state index contributed by atoms with van der Waals surface area (Å²) in [7, 11) is 0. The van der Waals surface area contributed by atoms with Crippen molar-refractivity contribution in [1.82, 2.24) is 0 Å². The van der Waals surface area contributed by atoms with Gasteiger partial charge in [-0.3, -0.25) is 12.2 Å². The van der Waals surface area contributed by atoms with Crippen LogP contribution in [0.1, 0.15) is 109 Å². The van der Waals surface area contributed by atoms with Gasteiger partial charge in [-0.15, -0.1) is 12.8 Å². The minimum Gasteiger partial charge on any atom is -1.00 e. The molecule has 4 rings (SSSR count). The van der Waals surface area contributed by atoms with Crippen LogP contribution < -0.4 is 24.8 Å². The van der Waals surface area contributed by atoms with E-state index in [-0.39, 0.29) is 101 Å². The summed E-state index contributed by atoms with van der Waals surface area (Å²) < 4.78 is 13.3. The average molecular weight is 709 g/mol. The molecule has 0 aliphatic heterocycles. The standard InChI is InChI=1S/2C19H27O.2ClH.2Ti/c2*1-15-11-9-10-14-19(15,20-17(2,3)4)18(5,6)16-12-7-8-13-16;;;;/h2*7,9-12H,8,14H2,1-6H3;2*1H;;/q2*-1;;;2*+2/p-2. The molecule has 0 heterocycles. The number of allylic oxidation sites excluding steroid dienone is 10. The van der Waals surface area contributed by atoms with Crippen LogP contribution in [0.4, 0.5) is 0 Å². The minimum atomic E-state index is -0.295. The number of rotatable bonds is 6. The van der Waals surface area contributed by atoms with Gasteiger partial charge in [-0.2, -0.15) is 12.2 Å². The quantitative estimate of drug-likeness (QED) is 0.303. The Morgan fingerprint density at radius 3 is 1.11 bits per heavy atom. The molecule has 0 bridgehead atoms. The molecule has 0 aromatic rings. The Hall–Kier alpha value is -0.151. The number of ether oxygens (including phenoxy) is 2. The van der Waals surface area contributed by atoms with Gasteiger partial charge in [0.05, 0.1) is 22.4 Å². The molecule has 240 valence electrons. The van der Waals surface area contributed by atoms with Crippen LogP contribution in [0.3, 0.4) is 0 Å². The van der Waals surface area contributed by atoms with E-state index in [4.69, 9.17) is 9.47 Å². The Labute approximate surface area is 312 Å². The van der Waals surface area contributed by atoms with Crippen molar-refractivity contribution >= 4 is 0 Å². The zero-order valence-corrected chi connectivity index (χ0v) is 33.8. The van der Waals surface area contributed by atoms with Gasteiger partial charge < -0.3 is 34.3 Å². The fraction of sp³-hybridized carbons (Fsp3) is 0.579. The van der Waals surface area contributed by atoms with E-state index in [1.165, 1.54) is 22.3 Å². The summed E-state index contributed by atoms with van der Waals surface area (Å²) in [5.74, 6) is 0. The number of halogens is 2. The Balaban J connectivity index is 0. The van der Waals surface area contributed by atoms with Crippen molar-refractivity contribution in [2.75, 3.05) is 0 Å². The smallest absolute Gasteiger partial charge is 1.00 e. The summed E-state index contributed by atoms with van der Waals surface area (Å²) in [6, 6.07) is 0. The van der Waals surface area contributed by atoms with Gasteiger partial charge in [0.2, 0.25) is 0 Å². The van der Waals surface area contributed by atoms with Crippen LogP contribution in [-0.2, 0) is 52.9 Å². The van der Waals surface area contributed by atoms with Crippen LogP contribution in [0.2, 0.25) is 0 Å². The molecule has 0 spiro atoms. The molecule has 0 N–H and O–H groups in total. The van der Waals surface area contributed by atoms with Gasteiger partial charge in [0.25, 0.3) is 0 Å². The van der Waals surface area contributed by atoms with Crippen molar-refractivity contribution in [3.05, 3.63) is 95.2 Å². The first-order chi connectivity index (χ1) is 18.4. The summed E-state index contributed by atoms with van der Waals surface area (Å²) in [4.78, 5) is 0. The predicted octanol–water partition coefficient (Wildman–Crippen LogP) is 4.33. The molecule has 2 unspecified atom stereocenters. The summed E-state index contributed by atoms with van der Waals surface area (Å²) in [6.45, 7) is 26.3. The largest absolute Gasteiger partial charge is 2.00 e. The third kappa shape index (κ3) is 9.93. The SMILES string of the molecule is CC1=CC=CCC1(OC(C)(C)C)C(C)(C)C1=[C-]CC=C1.CC1=CC=CCC1(OC(C)(C)C)C(C)(C)C1=[C-]CC=C1.[Cl-].[Cl-].[Ti+2].[Ti+2]. The molecule has 6 heteroatoms. The third-order valence-electron chi connectivity index (χ3n) is 8.77. The van der Waals surface area contributed by atoms with Gasteiger partial charge in [-0.05, 0) is 90.2 Å². The average Bonchev–Trinajstić information content (AvgIpc) is 3.56. The van der Waals surface area contributed by atoms with Crippen LogP contribution in [0, 0.1) is 23.0 Å². The molecule has 0 aromatic heterocycles. The fourth-order valence-electron chi connectivity index (χ4n) is 6.63. The first-order valence-corrected chi connectivity index (χ1v) is 15.0. The van der Waals surface area contributed by atoms with Crippen LogP contribution >= 0.6 is 0 Å². The normalized spacial score (nSPS) is 24.3. The third-order valence-corrected chi connectivity index (χ3v) is 8.77. The second-order valence-corrected chi connectivity index (χ2v) is 14.7. The van der Waals surface area contributed by atoms with E-state index in [1.807, 2.05) is 0 Å². The van der Waals surface area contributed by atoms with Crippen molar-refractivity contribution in [3.63, 3.8) is 0 Å². The molecule has 2 atom stereocenters. The molecular weight excluding hydrogens is 655 g/mol. The summed E-state index contributed by atoms with van der Waals surface area (Å²) in [5, 5.41) is 0. The molecule has 0 fully saturated rings. The van der Waals surface area contributed by atoms with Gasteiger partial charge in [0.15, 0.2) is 0 Å². The van der Waals surface area contributed by atoms with E-state index in [0.717, 1.165) is 25.7 Å². The van der Waals surface area contributed by atoms with Gasteiger partial charge in [0.1, 0.15) is 0 Å². The van der Waals surface area contributed by atoms with Crippen LogP contribution in [-0.4, -0.2) is 22.4 Å². The maximum Gasteiger partial charge on any atom is 2.00 e. The molecule has 2 nitrogen and oxygen atoms in total. The Morgan fingerprint density at radius 2 is 0.886 bits per heavy atom. The summed E-state index contributed by atoms with van der Waals surface area (Å²) in [6.07, 6.45) is 32.5. The predicted molar refractivity (Wildman–Crippen MR) is 171 cm³/mol. The van der Waals surface area contributed by atoms with E-state index in [0.29, 0.717) is 0 Å². The molecule has 0 radical (unpaired) electrons. The van der Waals surface area contributed by atoms with Crippen molar-refractivity contribution < 1.29 is 77.7 Å². The van der Waals surface area contributed by atoms with Gasteiger partial charge in [-0.25, -0.2) is 23.3 Å². The number of hydrogen-bond donors (Lipinski definition) is 0. The van der Waals surface area contributed by atoms with Crippen molar-refractivity contribution in [1.29, 1.82) is 0 Å². The second-order valence-electron chi connectivity index (χ2n) is 14.7. The van der Waals surface area contributed by atoms with Gasteiger partial charge in [-0.1, -0.05) is 64.2 Å². The molecule has 4 aliphatic rings. The minimum absolute atomic E-state index is 0. The zero-order valence-electron chi connectivity index (χ0n) is 29.2. The first-order valence-electron chi connectivity index (χ1n) is 15.0. The first kappa shape index (κ1) is 46.0. The summed E-state index contributed by atoms with van der Waals surface area (Å²) in [5.41, 5.74) is 3.99. The van der Waals surface area contributed by atoms with Crippen molar-refractivity contribution in [2.45, 2.75) is 131 Å². The number of hydrogen-bond acceptors (Lipinski definition) is 2. The Kier molecular flexibility index (Phi) is 18.1. The molecule has 0 saturated heterocycles. The molecular formula is C38H54Cl2O2Ti2. The maximum atomic E-state index is 6.64. The molecule has 0 aromatic carbocycles. The van der Waals surface area contributed by atoms with Crippen molar-refractivity contribution in [3.8, 4) is 0 Å². The molecule has 0 amide bonds. The topological polar surface area (TPSA) is 18.5 Å². The van der Waals surface area contributed by atoms with Gasteiger partial charge in [0, 0.05) is 0 Å². The van der Waals surface area contributed by atoms with E-state index in [2.05, 4.69) is 156 Å². The molecule has 44 heavy (non-hydrogen) atoms. The van der Waals surface area contributed by atoms with Crippen LogP contribution in [0.15, 0.2) is 83.1 Å². The second kappa shape index (κ2) is 17.3. The van der Waals surface area contributed by atoms with Crippen LogP contribution in [0.25, 0.3) is 0 Å². The summed E-state index contributed by atoms with van der Waals surface area (Å²) >= 11 is 0. The van der Waals surface area contributed by atoms with Gasteiger partial charge >= 0.3 is 43.4 Å². The van der Waals surface area contributed by atoms with E-state index in [1.54, 1.807) is 0 Å².